The number of benzene rings is 1. The van der Waals surface area contributed by atoms with Crippen molar-refractivity contribution in [2.24, 2.45) is 5.73 Å². The number of hydrogen-bond acceptors (Lipinski definition) is 4. The number of β-amino-alcohol motifs (C(OH)–C–C–N with tert-alkyl or cyclic N) is 1. The molecule has 0 spiro atoms. The van der Waals surface area contributed by atoms with E-state index in [2.05, 4.69) is 31.8 Å². The molecule has 0 amide bonds. The third-order valence-corrected chi connectivity index (χ3v) is 4.45. The Hall–Kier alpha value is -0.690. The van der Waals surface area contributed by atoms with Gasteiger partial charge >= 0.3 is 0 Å². The summed E-state index contributed by atoms with van der Waals surface area (Å²) >= 11 is 8.61. The molecule has 0 atom stereocenters. The van der Waals surface area contributed by atoms with E-state index in [4.69, 9.17) is 23.1 Å². The van der Waals surface area contributed by atoms with Crippen molar-refractivity contribution in [3.8, 4) is 0 Å². The summed E-state index contributed by atoms with van der Waals surface area (Å²) in [5, 5.41) is 9.03. The second kappa shape index (κ2) is 7.36. The Balaban J connectivity index is 2.09. The van der Waals surface area contributed by atoms with E-state index < -0.39 is 0 Å². The van der Waals surface area contributed by atoms with Crippen LogP contribution >= 0.6 is 28.1 Å². The van der Waals surface area contributed by atoms with Crippen LogP contribution in [0.15, 0.2) is 22.7 Å². The maximum atomic E-state index is 9.03. The van der Waals surface area contributed by atoms with Crippen LogP contribution in [0.2, 0.25) is 0 Å². The third-order valence-electron chi connectivity index (χ3n) is 3.58. The predicted molar refractivity (Wildman–Crippen MR) is 90.4 cm³/mol. The number of aliphatic hydroxyl groups excluding tert-OH is 1. The van der Waals surface area contributed by atoms with Gasteiger partial charge in [-0.05, 0) is 47.1 Å². The van der Waals surface area contributed by atoms with Crippen LogP contribution in [0.3, 0.4) is 0 Å². The molecule has 0 unspecified atom stereocenters. The first kappa shape index (κ1) is 15.7. The fourth-order valence-electron chi connectivity index (χ4n) is 2.49. The standard InChI is InChI=1S/C14H20BrN3OS/c15-12-10-11(14(16)20)2-3-13(12)18-5-1-4-17(6-7-18)8-9-19/h2-3,10,19H,1,4-9H2,(H2,16,20). The zero-order chi connectivity index (χ0) is 14.5. The molecule has 2 rings (SSSR count). The van der Waals surface area contributed by atoms with Gasteiger partial charge in [-0.2, -0.15) is 0 Å². The second-order valence-corrected chi connectivity index (χ2v) is 6.23. The molecule has 3 N–H and O–H groups in total. The SMILES string of the molecule is NC(=S)c1ccc(N2CCCN(CCO)CC2)c(Br)c1. The fourth-order valence-corrected chi connectivity index (χ4v) is 3.25. The lowest BCUT2D eigenvalue weighted by molar-refractivity contribution is 0.204. The van der Waals surface area contributed by atoms with Crippen LogP contribution in [-0.2, 0) is 0 Å². The van der Waals surface area contributed by atoms with Gasteiger partial charge in [0.05, 0.1) is 12.3 Å². The molecule has 1 aromatic carbocycles. The summed E-state index contributed by atoms with van der Waals surface area (Å²) in [6.07, 6.45) is 1.10. The zero-order valence-corrected chi connectivity index (χ0v) is 13.8. The Morgan fingerprint density at radius 1 is 1.30 bits per heavy atom. The number of hydrogen-bond donors (Lipinski definition) is 2. The zero-order valence-electron chi connectivity index (χ0n) is 11.4. The molecular weight excluding hydrogens is 338 g/mol. The molecule has 0 bridgehead atoms. The van der Waals surface area contributed by atoms with E-state index in [1.54, 1.807) is 0 Å². The molecule has 1 aromatic rings. The van der Waals surface area contributed by atoms with Gasteiger partial charge < -0.3 is 15.7 Å². The van der Waals surface area contributed by atoms with Gasteiger partial charge in [0.1, 0.15) is 4.99 Å². The van der Waals surface area contributed by atoms with E-state index in [0.29, 0.717) is 4.99 Å². The van der Waals surface area contributed by atoms with Crippen molar-refractivity contribution in [1.29, 1.82) is 0 Å². The van der Waals surface area contributed by atoms with Gasteiger partial charge in [0.25, 0.3) is 0 Å². The molecule has 20 heavy (non-hydrogen) atoms. The van der Waals surface area contributed by atoms with E-state index in [9.17, 15) is 0 Å². The summed E-state index contributed by atoms with van der Waals surface area (Å²) in [5.74, 6) is 0. The van der Waals surface area contributed by atoms with Gasteiger partial charge in [0, 0.05) is 36.2 Å². The Bertz CT molecular complexity index is 483. The van der Waals surface area contributed by atoms with Gasteiger partial charge in [0.15, 0.2) is 0 Å². The van der Waals surface area contributed by atoms with Gasteiger partial charge in [-0.25, -0.2) is 0 Å². The minimum absolute atomic E-state index is 0.229. The van der Waals surface area contributed by atoms with Crippen LogP contribution < -0.4 is 10.6 Å². The van der Waals surface area contributed by atoms with E-state index in [1.807, 2.05) is 12.1 Å². The van der Waals surface area contributed by atoms with Crippen molar-refractivity contribution in [3.63, 3.8) is 0 Å². The van der Waals surface area contributed by atoms with E-state index in [1.165, 1.54) is 5.69 Å². The Kier molecular flexibility index (Phi) is 5.77. The van der Waals surface area contributed by atoms with Crippen LogP contribution in [0.1, 0.15) is 12.0 Å². The smallest absolute Gasteiger partial charge is 0.104 e. The number of anilines is 1. The number of nitrogens with two attached hydrogens (primary N) is 1. The van der Waals surface area contributed by atoms with E-state index in [-0.39, 0.29) is 6.61 Å². The topological polar surface area (TPSA) is 52.7 Å². The monoisotopic (exact) mass is 357 g/mol. The van der Waals surface area contributed by atoms with Gasteiger partial charge in [-0.15, -0.1) is 0 Å². The highest BCUT2D eigenvalue weighted by atomic mass is 79.9. The van der Waals surface area contributed by atoms with Gasteiger partial charge in [-0.1, -0.05) is 12.2 Å². The highest BCUT2D eigenvalue weighted by molar-refractivity contribution is 9.10. The first-order valence-electron chi connectivity index (χ1n) is 6.79. The van der Waals surface area contributed by atoms with Crippen molar-refractivity contribution in [1.82, 2.24) is 4.90 Å². The number of aliphatic hydroxyl groups is 1. The van der Waals surface area contributed by atoms with Crippen LogP contribution in [0, 0.1) is 0 Å². The maximum absolute atomic E-state index is 9.03. The minimum Gasteiger partial charge on any atom is -0.395 e. The largest absolute Gasteiger partial charge is 0.395 e. The molecule has 0 aromatic heterocycles. The third kappa shape index (κ3) is 3.91. The number of nitrogens with zero attached hydrogens (tertiary/aromatic N) is 2. The summed E-state index contributed by atoms with van der Waals surface area (Å²) in [4.78, 5) is 5.09. The average molecular weight is 358 g/mol. The fraction of sp³-hybridized carbons (Fsp3) is 0.500. The lowest BCUT2D eigenvalue weighted by Gasteiger charge is -2.25. The van der Waals surface area contributed by atoms with Crippen molar-refractivity contribution < 1.29 is 5.11 Å². The molecule has 1 aliphatic rings. The quantitative estimate of drug-likeness (QED) is 0.801. The molecule has 1 heterocycles. The highest BCUT2D eigenvalue weighted by Gasteiger charge is 2.16. The molecule has 0 radical (unpaired) electrons. The summed E-state index contributed by atoms with van der Waals surface area (Å²) in [6.45, 7) is 4.99. The average Bonchev–Trinajstić information content (AvgIpc) is 2.65. The Morgan fingerprint density at radius 2 is 2.10 bits per heavy atom. The molecule has 110 valence electrons. The maximum Gasteiger partial charge on any atom is 0.104 e. The van der Waals surface area contributed by atoms with Crippen LogP contribution in [0.25, 0.3) is 0 Å². The van der Waals surface area contributed by atoms with Crippen LogP contribution in [0.5, 0.6) is 0 Å². The summed E-state index contributed by atoms with van der Waals surface area (Å²) in [7, 11) is 0. The molecule has 1 saturated heterocycles. The Morgan fingerprint density at radius 3 is 2.75 bits per heavy atom. The first-order chi connectivity index (χ1) is 9.61. The van der Waals surface area contributed by atoms with E-state index in [0.717, 1.165) is 49.2 Å². The van der Waals surface area contributed by atoms with E-state index >= 15 is 0 Å². The number of halogens is 1. The molecule has 6 heteroatoms. The molecule has 1 fully saturated rings. The van der Waals surface area contributed by atoms with Crippen LogP contribution in [0.4, 0.5) is 5.69 Å². The number of rotatable bonds is 4. The van der Waals surface area contributed by atoms with Gasteiger partial charge in [-0.3, -0.25) is 4.90 Å². The normalized spacial score (nSPS) is 17.0. The molecule has 1 aliphatic heterocycles. The van der Waals surface area contributed by atoms with Gasteiger partial charge in [0.2, 0.25) is 0 Å². The summed E-state index contributed by atoms with van der Waals surface area (Å²) < 4.78 is 1.03. The van der Waals surface area contributed by atoms with Crippen molar-refractivity contribution in [2.75, 3.05) is 44.2 Å². The second-order valence-electron chi connectivity index (χ2n) is 4.94. The van der Waals surface area contributed by atoms with Crippen LogP contribution in [-0.4, -0.2) is 54.3 Å². The van der Waals surface area contributed by atoms with Crippen molar-refractivity contribution >= 4 is 38.8 Å². The first-order valence-corrected chi connectivity index (χ1v) is 7.99. The summed E-state index contributed by atoms with van der Waals surface area (Å²) in [6, 6.07) is 6.02. The Labute approximate surface area is 133 Å². The molecule has 4 nitrogen and oxygen atoms in total. The molecule has 0 saturated carbocycles. The predicted octanol–water partition coefficient (Wildman–Crippen LogP) is 1.59. The number of thiocarbonyl (C=S) groups is 1. The molecule has 0 aliphatic carbocycles. The minimum atomic E-state index is 0.229. The molecular formula is C14H20BrN3OS. The highest BCUT2D eigenvalue weighted by Crippen LogP contribution is 2.28. The van der Waals surface area contributed by atoms with Crippen molar-refractivity contribution in [2.45, 2.75) is 6.42 Å². The van der Waals surface area contributed by atoms with Crippen molar-refractivity contribution in [3.05, 3.63) is 28.2 Å². The lowest BCUT2D eigenvalue weighted by atomic mass is 10.2. The lowest BCUT2D eigenvalue weighted by Crippen LogP contribution is -2.32. The summed E-state index contributed by atoms with van der Waals surface area (Å²) in [5.41, 5.74) is 7.71.